The average Bonchev–Trinajstić information content (AvgIpc) is 3.03. The molecule has 0 fully saturated rings. The Morgan fingerprint density at radius 1 is 0.558 bits per heavy atom. The summed E-state index contributed by atoms with van der Waals surface area (Å²) in [5, 5.41) is 14.0. The second kappa shape index (κ2) is 17.6. The van der Waals surface area contributed by atoms with Crippen LogP contribution >= 0.6 is 0 Å². The van der Waals surface area contributed by atoms with Crippen LogP contribution in [0.2, 0.25) is 0 Å². The van der Waals surface area contributed by atoms with E-state index >= 15 is 0 Å². The third-order valence-electron chi connectivity index (χ3n) is 6.16. The van der Waals surface area contributed by atoms with Gasteiger partial charge in [-0.3, -0.25) is 9.59 Å². The minimum Gasteiger partial charge on any atom is -0.481 e. The molecular weight excluding hydrogens is 556 g/mol. The van der Waals surface area contributed by atoms with Crippen LogP contribution in [0, 0.1) is 0 Å². The fourth-order valence-corrected chi connectivity index (χ4v) is 3.87. The lowest BCUT2D eigenvalue weighted by atomic mass is 10.1. The molecule has 0 aliphatic carbocycles. The minimum atomic E-state index is -1.24. The van der Waals surface area contributed by atoms with E-state index in [1.54, 1.807) is 72.8 Å². The zero-order valence-electron chi connectivity index (χ0n) is 23.5. The first-order valence-corrected chi connectivity index (χ1v) is 13.7. The molecule has 11 nitrogen and oxygen atoms in total. The number of hydrogen-bond acceptors (Lipinski definition) is 8. The van der Waals surface area contributed by atoms with E-state index in [0.29, 0.717) is 0 Å². The summed E-state index contributed by atoms with van der Waals surface area (Å²) in [6.45, 7) is -0.133. The molecule has 11 heteroatoms. The van der Waals surface area contributed by atoms with Gasteiger partial charge < -0.3 is 30.0 Å². The summed E-state index contributed by atoms with van der Waals surface area (Å²) in [5.41, 5.74) is 2.20. The number of nitrogens with one attached hydrogen (secondary N) is 2. The maximum atomic E-state index is 12.9. The number of benzene rings is 3. The van der Waals surface area contributed by atoms with Crippen LogP contribution < -0.4 is 10.6 Å². The van der Waals surface area contributed by atoms with Gasteiger partial charge in [0.25, 0.3) is 0 Å². The topological polar surface area (TPSA) is 157 Å². The summed E-state index contributed by atoms with van der Waals surface area (Å²) in [5.74, 6) is -3.36. The van der Waals surface area contributed by atoms with Crippen molar-refractivity contribution in [1.82, 2.24) is 10.6 Å². The molecule has 0 spiro atoms. The Balaban J connectivity index is 1.59. The van der Waals surface area contributed by atoms with Gasteiger partial charge in [0.1, 0.15) is 31.9 Å². The molecular formula is C32H34N2O9. The van der Waals surface area contributed by atoms with Gasteiger partial charge in [-0.25, -0.2) is 14.4 Å². The van der Waals surface area contributed by atoms with E-state index in [1.165, 1.54) is 0 Å². The lowest BCUT2D eigenvalue weighted by molar-refractivity contribution is -0.150. The maximum absolute atomic E-state index is 12.9. The molecule has 0 saturated carbocycles. The van der Waals surface area contributed by atoms with Gasteiger partial charge in [-0.15, -0.1) is 0 Å². The largest absolute Gasteiger partial charge is 0.481 e. The summed E-state index contributed by atoms with van der Waals surface area (Å²) in [6.07, 6.45) is -1.92. The highest BCUT2D eigenvalue weighted by atomic mass is 16.6. The first-order chi connectivity index (χ1) is 20.8. The molecule has 0 aliphatic rings. The van der Waals surface area contributed by atoms with Crippen molar-refractivity contribution in [1.29, 1.82) is 0 Å². The van der Waals surface area contributed by atoms with E-state index in [1.807, 2.05) is 18.2 Å². The van der Waals surface area contributed by atoms with Crippen molar-refractivity contribution in [2.45, 2.75) is 57.6 Å². The van der Waals surface area contributed by atoms with E-state index < -0.39 is 42.0 Å². The number of ether oxygens (including phenoxy) is 3. The van der Waals surface area contributed by atoms with E-state index in [0.717, 1.165) is 16.7 Å². The van der Waals surface area contributed by atoms with Crippen LogP contribution in [-0.4, -0.2) is 47.1 Å². The maximum Gasteiger partial charge on any atom is 0.408 e. The van der Waals surface area contributed by atoms with Gasteiger partial charge >= 0.3 is 24.0 Å². The highest BCUT2D eigenvalue weighted by molar-refractivity contribution is 5.86. The number of aliphatic carboxylic acids is 1. The Kier molecular flexibility index (Phi) is 13.2. The van der Waals surface area contributed by atoms with Crippen molar-refractivity contribution < 1.29 is 43.3 Å². The third-order valence-corrected chi connectivity index (χ3v) is 6.16. The standard InChI is InChI=1S/C32H34N2O9/c35-28(33-26(17-19-29(36)37)30(38)41-20-23-10-4-1-5-11-23)18-16-27(31(39)42-21-24-12-6-2-7-13-24)34-32(40)43-22-25-14-8-3-9-15-25/h1-15,26-27H,16-22H2,(H,33,35)(H,34,40)(H,36,37). The van der Waals surface area contributed by atoms with Crippen molar-refractivity contribution in [3.8, 4) is 0 Å². The monoisotopic (exact) mass is 590 g/mol. The third kappa shape index (κ3) is 12.5. The summed E-state index contributed by atoms with van der Waals surface area (Å²) in [6, 6.07) is 24.3. The zero-order valence-corrected chi connectivity index (χ0v) is 23.5. The zero-order chi connectivity index (χ0) is 30.9. The normalized spacial score (nSPS) is 11.8. The molecule has 0 radical (unpaired) electrons. The Labute approximate surface area is 249 Å². The molecule has 0 saturated heterocycles. The van der Waals surface area contributed by atoms with Crippen LogP contribution in [0.4, 0.5) is 4.79 Å². The van der Waals surface area contributed by atoms with E-state index in [4.69, 9.17) is 19.3 Å². The van der Waals surface area contributed by atoms with E-state index in [9.17, 15) is 24.0 Å². The van der Waals surface area contributed by atoms with Crippen LogP contribution in [0.5, 0.6) is 0 Å². The van der Waals surface area contributed by atoms with Crippen molar-refractivity contribution in [3.05, 3.63) is 108 Å². The molecule has 3 aromatic rings. The molecule has 3 aromatic carbocycles. The average molecular weight is 591 g/mol. The number of amides is 2. The molecule has 0 bridgehead atoms. The second-order valence-electron chi connectivity index (χ2n) is 9.54. The predicted molar refractivity (Wildman–Crippen MR) is 154 cm³/mol. The van der Waals surface area contributed by atoms with Gasteiger partial charge in [-0.1, -0.05) is 91.0 Å². The van der Waals surface area contributed by atoms with Gasteiger partial charge in [-0.05, 0) is 29.5 Å². The summed E-state index contributed by atoms with van der Waals surface area (Å²) in [7, 11) is 0. The summed E-state index contributed by atoms with van der Waals surface area (Å²) in [4.78, 5) is 62.0. The van der Waals surface area contributed by atoms with Gasteiger partial charge in [0.15, 0.2) is 0 Å². The predicted octanol–water partition coefficient (Wildman–Crippen LogP) is 3.90. The lowest BCUT2D eigenvalue weighted by Gasteiger charge is -2.20. The van der Waals surface area contributed by atoms with E-state index in [-0.39, 0.29) is 45.5 Å². The molecule has 0 aromatic heterocycles. The lowest BCUT2D eigenvalue weighted by Crippen LogP contribution is -2.45. The number of hydrogen-bond donors (Lipinski definition) is 3. The number of carbonyl (C=O) groups excluding carboxylic acids is 4. The SMILES string of the molecule is O=C(O)CCC(NC(=O)CCC(NC(=O)OCc1ccccc1)C(=O)OCc1ccccc1)C(=O)OCc1ccccc1. The van der Waals surface area contributed by atoms with Crippen LogP contribution in [0.15, 0.2) is 91.0 Å². The number of carboxylic acid groups (broad SMARTS) is 1. The Morgan fingerprint density at radius 3 is 1.40 bits per heavy atom. The molecule has 0 aliphatic heterocycles. The molecule has 0 heterocycles. The van der Waals surface area contributed by atoms with Crippen LogP contribution in [0.1, 0.15) is 42.4 Å². The molecule has 3 rings (SSSR count). The number of alkyl carbamates (subject to hydrolysis) is 1. The minimum absolute atomic E-state index is 0.0324. The first kappa shape index (κ1) is 32.3. The number of esters is 2. The molecule has 2 atom stereocenters. The smallest absolute Gasteiger partial charge is 0.408 e. The van der Waals surface area contributed by atoms with Crippen LogP contribution in [-0.2, 0) is 53.2 Å². The van der Waals surface area contributed by atoms with Crippen LogP contribution in [0.3, 0.4) is 0 Å². The van der Waals surface area contributed by atoms with E-state index in [2.05, 4.69) is 10.6 Å². The molecule has 2 amide bonds. The van der Waals surface area contributed by atoms with Gasteiger partial charge in [-0.2, -0.15) is 0 Å². The number of carbonyl (C=O) groups is 5. The highest BCUT2D eigenvalue weighted by Gasteiger charge is 2.27. The number of carboxylic acids is 1. The second-order valence-corrected chi connectivity index (χ2v) is 9.54. The molecule has 226 valence electrons. The van der Waals surface area contributed by atoms with Crippen molar-refractivity contribution in [2.24, 2.45) is 0 Å². The molecule has 2 unspecified atom stereocenters. The van der Waals surface area contributed by atoms with Crippen molar-refractivity contribution in [3.63, 3.8) is 0 Å². The summed E-state index contributed by atoms with van der Waals surface area (Å²) >= 11 is 0. The quantitative estimate of drug-likeness (QED) is 0.166. The fraction of sp³-hybridized carbons (Fsp3) is 0.281. The Bertz CT molecular complexity index is 1330. The summed E-state index contributed by atoms with van der Waals surface area (Å²) < 4.78 is 15.9. The van der Waals surface area contributed by atoms with Crippen molar-refractivity contribution in [2.75, 3.05) is 0 Å². The van der Waals surface area contributed by atoms with Gasteiger partial charge in [0.2, 0.25) is 5.91 Å². The van der Waals surface area contributed by atoms with Crippen LogP contribution in [0.25, 0.3) is 0 Å². The fourth-order valence-electron chi connectivity index (χ4n) is 3.87. The highest BCUT2D eigenvalue weighted by Crippen LogP contribution is 2.09. The Morgan fingerprint density at radius 2 is 0.953 bits per heavy atom. The first-order valence-electron chi connectivity index (χ1n) is 13.7. The molecule has 43 heavy (non-hydrogen) atoms. The van der Waals surface area contributed by atoms with Gasteiger partial charge in [0.05, 0.1) is 0 Å². The molecule has 3 N–H and O–H groups in total. The van der Waals surface area contributed by atoms with Crippen molar-refractivity contribution >= 4 is 29.9 Å². The number of rotatable bonds is 16. The Hall–Kier alpha value is -5.19. The van der Waals surface area contributed by atoms with Gasteiger partial charge in [0, 0.05) is 12.8 Å².